The highest BCUT2D eigenvalue weighted by molar-refractivity contribution is 5.87. The van der Waals surface area contributed by atoms with Crippen LogP contribution in [0, 0.1) is 0 Å². The van der Waals surface area contributed by atoms with Crippen LogP contribution in [0.2, 0.25) is 0 Å². The Morgan fingerprint density at radius 2 is 1.36 bits per heavy atom. The molecule has 11 heteroatoms. The van der Waals surface area contributed by atoms with Crippen LogP contribution in [-0.2, 0) is 41.6 Å². The minimum atomic E-state index is 0.0302. The molecule has 42 heavy (non-hydrogen) atoms. The van der Waals surface area contributed by atoms with Crippen molar-refractivity contribution in [1.29, 1.82) is 0 Å². The lowest BCUT2D eigenvalue weighted by molar-refractivity contribution is -0.121. The normalized spacial score (nSPS) is 12.3. The molecule has 228 valence electrons. The van der Waals surface area contributed by atoms with Gasteiger partial charge >= 0.3 is 0 Å². The maximum Gasteiger partial charge on any atom is 0.219 e. The molecule has 1 N–H and O–H groups in total. The molecule has 1 aliphatic heterocycles. The van der Waals surface area contributed by atoms with E-state index in [1.807, 2.05) is 17.7 Å². The van der Waals surface area contributed by atoms with Gasteiger partial charge in [0, 0.05) is 43.4 Å². The number of hydrogen-bond acceptors (Lipinski definition) is 9. The lowest BCUT2D eigenvalue weighted by Crippen LogP contribution is -2.26. The van der Waals surface area contributed by atoms with Gasteiger partial charge in [0.05, 0.1) is 78.3 Å². The summed E-state index contributed by atoms with van der Waals surface area (Å²) in [4.78, 5) is 13.4. The maximum atomic E-state index is 11.1. The van der Waals surface area contributed by atoms with Crippen LogP contribution in [0.5, 0.6) is 0 Å². The summed E-state index contributed by atoms with van der Waals surface area (Å²) >= 11 is 0. The van der Waals surface area contributed by atoms with Gasteiger partial charge in [0.2, 0.25) is 5.91 Å². The summed E-state index contributed by atoms with van der Waals surface area (Å²) in [7, 11) is 2.11. The zero-order valence-electron chi connectivity index (χ0n) is 24.8. The Bertz CT molecular complexity index is 1240. The van der Waals surface area contributed by atoms with Gasteiger partial charge < -0.3 is 33.9 Å². The summed E-state index contributed by atoms with van der Waals surface area (Å²) in [5, 5.41) is 11.9. The molecule has 1 aromatic heterocycles. The predicted octanol–water partition coefficient (Wildman–Crippen LogP) is 3.17. The average molecular weight is 582 g/mol. The van der Waals surface area contributed by atoms with Crippen LogP contribution in [0.15, 0.2) is 48.5 Å². The van der Waals surface area contributed by atoms with Gasteiger partial charge in [-0.05, 0) is 11.6 Å². The Labute approximate surface area is 248 Å². The summed E-state index contributed by atoms with van der Waals surface area (Å²) in [6.07, 6.45) is 0.485. The number of nitrogens with zero attached hydrogens (tertiary/aromatic N) is 4. The third-order valence-corrected chi connectivity index (χ3v) is 6.81. The molecular weight excluding hydrogens is 538 g/mol. The van der Waals surface area contributed by atoms with E-state index in [0.717, 1.165) is 34.7 Å². The molecule has 0 atom stereocenters. The third-order valence-electron chi connectivity index (χ3n) is 6.81. The minimum absolute atomic E-state index is 0.0302. The van der Waals surface area contributed by atoms with Crippen LogP contribution in [0.25, 0.3) is 22.5 Å². The first-order valence-corrected chi connectivity index (χ1v) is 14.7. The summed E-state index contributed by atoms with van der Waals surface area (Å²) in [5.41, 5.74) is 6.52. The molecule has 0 fully saturated rings. The predicted molar refractivity (Wildman–Crippen MR) is 160 cm³/mol. The number of rotatable bonds is 19. The number of hydrogen-bond donors (Lipinski definition) is 1. The zero-order valence-corrected chi connectivity index (χ0v) is 24.8. The molecule has 3 aromatic rings. The van der Waals surface area contributed by atoms with E-state index in [1.165, 1.54) is 5.56 Å². The molecule has 0 aliphatic carbocycles. The molecule has 0 radical (unpaired) electrons. The summed E-state index contributed by atoms with van der Waals surface area (Å²) < 4.78 is 29.8. The van der Waals surface area contributed by atoms with Crippen molar-refractivity contribution >= 4 is 11.6 Å². The number of anilines is 1. The van der Waals surface area contributed by atoms with Crippen molar-refractivity contribution in [3.05, 3.63) is 54.1 Å². The molecular formula is C31H43N5O6. The van der Waals surface area contributed by atoms with E-state index in [1.54, 1.807) is 0 Å². The molecule has 0 spiro atoms. The number of carbonyl (C=O) groups excluding carboxylic acids is 1. The highest BCUT2D eigenvalue weighted by Crippen LogP contribution is 2.40. The Morgan fingerprint density at radius 3 is 2.02 bits per heavy atom. The van der Waals surface area contributed by atoms with E-state index in [2.05, 4.69) is 70.0 Å². The van der Waals surface area contributed by atoms with Crippen LogP contribution in [-0.4, -0.2) is 101 Å². The quantitative estimate of drug-likeness (QED) is 0.214. The fraction of sp³-hybridized carbons (Fsp3) is 0.516. The number of para-hydroxylation sites is 1. The van der Waals surface area contributed by atoms with Crippen molar-refractivity contribution in [2.75, 3.05) is 84.6 Å². The van der Waals surface area contributed by atoms with Crippen LogP contribution in [0.1, 0.15) is 18.9 Å². The molecule has 4 rings (SSSR count). The number of nitrogens with one attached hydrogen (secondary N) is 1. The van der Waals surface area contributed by atoms with E-state index in [9.17, 15) is 4.79 Å². The van der Waals surface area contributed by atoms with Gasteiger partial charge in [-0.2, -0.15) is 0 Å². The summed E-state index contributed by atoms with van der Waals surface area (Å²) in [6, 6.07) is 16.8. The second-order valence-corrected chi connectivity index (χ2v) is 9.81. The molecule has 11 nitrogen and oxygen atoms in total. The van der Waals surface area contributed by atoms with Crippen LogP contribution in [0.4, 0.5) is 5.69 Å². The van der Waals surface area contributed by atoms with Crippen molar-refractivity contribution in [1.82, 2.24) is 20.3 Å². The number of benzene rings is 2. The molecule has 2 heterocycles. The summed E-state index contributed by atoms with van der Waals surface area (Å²) in [5.74, 6) is 0.0302. The van der Waals surface area contributed by atoms with Gasteiger partial charge in [0.1, 0.15) is 5.69 Å². The number of carbonyl (C=O) groups is 1. The van der Waals surface area contributed by atoms with Crippen molar-refractivity contribution in [3.8, 4) is 22.5 Å². The molecule has 0 unspecified atom stereocenters. The number of aromatic nitrogens is 3. The fourth-order valence-corrected chi connectivity index (χ4v) is 4.67. The molecule has 0 saturated heterocycles. The van der Waals surface area contributed by atoms with E-state index in [4.69, 9.17) is 23.7 Å². The second kappa shape index (κ2) is 17.6. The first kappa shape index (κ1) is 31.6. The van der Waals surface area contributed by atoms with Crippen LogP contribution >= 0.6 is 0 Å². The van der Waals surface area contributed by atoms with E-state index < -0.39 is 0 Å². The molecule has 0 bridgehead atoms. The molecule has 1 aliphatic rings. The second-order valence-electron chi connectivity index (χ2n) is 9.81. The Kier molecular flexibility index (Phi) is 13.2. The van der Waals surface area contributed by atoms with E-state index >= 15 is 0 Å². The zero-order chi connectivity index (χ0) is 29.4. The monoisotopic (exact) mass is 581 g/mol. The lowest BCUT2D eigenvalue weighted by Gasteiger charge is -2.26. The van der Waals surface area contributed by atoms with Crippen molar-refractivity contribution in [3.63, 3.8) is 0 Å². The number of amides is 1. The molecule has 0 saturated carbocycles. The Hall–Kier alpha value is -3.35. The van der Waals surface area contributed by atoms with Gasteiger partial charge in [0.25, 0.3) is 0 Å². The highest BCUT2D eigenvalue weighted by Gasteiger charge is 2.24. The standard InChI is InChI=1S/C31H43N5O6/c1-3-29(37)32-12-14-38-16-18-40-20-22-42-23-21-41-19-17-39-15-13-36-31-26-9-5-4-8-25(26)24-35(2)28-11-7-6-10-27(28)30(31)33-34-36/h4-11H,3,12-24H2,1-2H3,(H,32,37). The van der Waals surface area contributed by atoms with Gasteiger partial charge in [0.15, 0.2) is 0 Å². The fourth-order valence-electron chi connectivity index (χ4n) is 4.67. The topological polar surface area (TPSA) is 109 Å². The first-order valence-electron chi connectivity index (χ1n) is 14.7. The Balaban J connectivity index is 1.08. The third kappa shape index (κ3) is 9.33. The minimum Gasteiger partial charge on any atom is -0.377 e. The number of fused-ring (bicyclic) bond motifs is 5. The number of ether oxygens (including phenoxy) is 5. The van der Waals surface area contributed by atoms with Gasteiger partial charge in [-0.25, -0.2) is 4.68 Å². The summed E-state index contributed by atoms with van der Waals surface area (Å²) in [6.45, 7) is 8.69. The smallest absolute Gasteiger partial charge is 0.219 e. The van der Waals surface area contributed by atoms with Gasteiger partial charge in [-0.3, -0.25) is 4.79 Å². The lowest BCUT2D eigenvalue weighted by atomic mass is 9.96. The highest BCUT2D eigenvalue weighted by atomic mass is 16.6. The SMILES string of the molecule is CCC(=O)NCCOCCOCCOCCOCCOCCn1nnc2c1-c1ccccc1CN(C)c1ccccc1-2. The van der Waals surface area contributed by atoms with E-state index in [0.29, 0.717) is 85.6 Å². The van der Waals surface area contributed by atoms with Gasteiger partial charge in [-0.1, -0.05) is 54.6 Å². The largest absolute Gasteiger partial charge is 0.377 e. The van der Waals surface area contributed by atoms with Crippen molar-refractivity contribution in [2.45, 2.75) is 26.4 Å². The molecule has 2 aromatic carbocycles. The molecule has 1 amide bonds. The Morgan fingerprint density at radius 1 is 0.786 bits per heavy atom. The maximum absolute atomic E-state index is 11.1. The van der Waals surface area contributed by atoms with Gasteiger partial charge in [-0.15, -0.1) is 5.10 Å². The van der Waals surface area contributed by atoms with Crippen LogP contribution in [0.3, 0.4) is 0 Å². The van der Waals surface area contributed by atoms with Crippen LogP contribution < -0.4 is 10.2 Å². The van der Waals surface area contributed by atoms with Crippen molar-refractivity contribution < 1.29 is 28.5 Å². The van der Waals surface area contributed by atoms with Crippen molar-refractivity contribution in [2.24, 2.45) is 0 Å². The average Bonchev–Trinajstić information content (AvgIpc) is 3.43. The van der Waals surface area contributed by atoms with E-state index in [-0.39, 0.29) is 5.91 Å². The first-order chi connectivity index (χ1) is 20.7.